The van der Waals surface area contributed by atoms with Crippen LogP contribution in [0.15, 0.2) is 29.6 Å². The van der Waals surface area contributed by atoms with Gasteiger partial charge in [-0.1, -0.05) is 32.0 Å². The normalized spacial score (nSPS) is 11.4. The fourth-order valence-electron chi connectivity index (χ4n) is 2.93. The lowest BCUT2D eigenvalue weighted by Gasteiger charge is -2.26. The van der Waals surface area contributed by atoms with Crippen molar-refractivity contribution in [1.82, 2.24) is 0 Å². The average molecular weight is 332 g/mol. The zero-order chi connectivity index (χ0) is 17.2. The minimum Gasteiger partial charge on any atom is -0.480 e. The number of hydrogen-bond acceptors (Lipinski definition) is 3. The van der Waals surface area contributed by atoms with E-state index in [-0.39, 0.29) is 6.42 Å². The lowest BCUT2D eigenvalue weighted by molar-refractivity contribution is -0.157. The van der Waals surface area contributed by atoms with Crippen molar-refractivity contribution in [2.45, 2.75) is 39.0 Å². The minimum absolute atomic E-state index is 0.00203. The first-order chi connectivity index (χ1) is 10.9. The molecule has 1 heterocycles. The summed E-state index contributed by atoms with van der Waals surface area (Å²) in [7, 11) is 0. The maximum absolute atomic E-state index is 11.8. The third kappa shape index (κ3) is 2.77. The van der Waals surface area contributed by atoms with Crippen LogP contribution in [0.1, 0.15) is 37.0 Å². The summed E-state index contributed by atoms with van der Waals surface area (Å²) < 4.78 is 0. The highest BCUT2D eigenvalue weighted by Gasteiger charge is 2.47. The van der Waals surface area contributed by atoms with Crippen LogP contribution in [0.3, 0.4) is 0 Å². The molecule has 2 aromatic rings. The minimum atomic E-state index is -1.89. The molecule has 0 unspecified atom stereocenters. The van der Waals surface area contributed by atoms with Crippen LogP contribution in [-0.2, 0) is 21.4 Å². The van der Waals surface area contributed by atoms with Gasteiger partial charge in [-0.3, -0.25) is 9.59 Å². The van der Waals surface area contributed by atoms with Crippen molar-refractivity contribution in [1.29, 1.82) is 0 Å². The quantitative estimate of drug-likeness (QED) is 0.781. The summed E-state index contributed by atoms with van der Waals surface area (Å²) in [6, 6.07) is 7.44. The Labute approximate surface area is 139 Å². The van der Waals surface area contributed by atoms with Gasteiger partial charge in [0.15, 0.2) is 5.41 Å². The molecular weight excluding hydrogens is 312 g/mol. The molecule has 1 aromatic carbocycles. The van der Waals surface area contributed by atoms with Crippen molar-refractivity contribution in [2.75, 3.05) is 0 Å². The number of benzene rings is 1. The second kappa shape index (κ2) is 6.54. The molecule has 0 bridgehead atoms. The standard InChI is InChI=1S/C18H20O4S/c1-4-12-10-13(15-11(3)8-9-23-15)6-7-14(12)18(5-2,16(19)20)17(21)22/h6-10H,4-5H2,1-3H3,(H,19,20)(H,21,22). The monoisotopic (exact) mass is 332 g/mol. The highest BCUT2D eigenvalue weighted by molar-refractivity contribution is 7.13. The summed E-state index contributed by atoms with van der Waals surface area (Å²) in [5, 5.41) is 21.2. The van der Waals surface area contributed by atoms with Crippen molar-refractivity contribution in [3.05, 3.63) is 46.3 Å². The molecule has 5 heteroatoms. The number of thiophene rings is 1. The maximum atomic E-state index is 11.8. The number of carboxylic acid groups (broad SMARTS) is 2. The van der Waals surface area contributed by atoms with E-state index in [1.807, 2.05) is 37.4 Å². The van der Waals surface area contributed by atoms with Gasteiger partial charge in [0.2, 0.25) is 0 Å². The molecule has 0 aliphatic carbocycles. The van der Waals surface area contributed by atoms with E-state index >= 15 is 0 Å². The lowest BCUT2D eigenvalue weighted by atomic mass is 9.75. The molecule has 2 N–H and O–H groups in total. The largest absolute Gasteiger partial charge is 0.480 e. The fraction of sp³-hybridized carbons (Fsp3) is 0.333. The first-order valence-electron chi connectivity index (χ1n) is 7.53. The van der Waals surface area contributed by atoms with Crippen LogP contribution in [-0.4, -0.2) is 22.2 Å². The molecule has 2 rings (SSSR count). The lowest BCUT2D eigenvalue weighted by Crippen LogP contribution is -2.44. The molecule has 0 saturated carbocycles. The third-order valence-corrected chi connectivity index (χ3v) is 5.40. The molecule has 0 saturated heterocycles. The fourth-order valence-corrected chi connectivity index (χ4v) is 3.85. The van der Waals surface area contributed by atoms with Crippen LogP contribution in [0, 0.1) is 6.92 Å². The van der Waals surface area contributed by atoms with Gasteiger partial charge in [-0.15, -0.1) is 11.3 Å². The maximum Gasteiger partial charge on any atom is 0.325 e. The predicted molar refractivity (Wildman–Crippen MR) is 91.1 cm³/mol. The summed E-state index contributed by atoms with van der Waals surface area (Å²) in [4.78, 5) is 24.6. The van der Waals surface area contributed by atoms with Gasteiger partial charge < -0.3 is 10.2 Å². The molecule has 0 radical (unpaired) electrons. The Morgan fingerprint density at radius 2 is 1.78 bits per heavy atom. The predicted octanol–water partition coefficient (Wildman–Crippen LogP) is 4.10. The molecule has 23 heavy (non-hydrogen) atoms. The second-order valence-electron chi connectivity index (χ2n) is 5.53. The summed E-state index contributed by atoms with van der Waals surface area (Å²) in [5.41, 5.74) is 1.40. The summed E-state index contributed by atoms with van der Waals surface area (Å²) in [6.45, 7) is 5.53. The van der Waals surface area contributed by atoms with Crippen LogP contribution >= 0.6 is 11.3 Å². The van der Waals surface area contributed by atoms with Crippen molar-refractivity contribution >= 4 is 23.3 Å². The summed E-state index contributed by atoms with van der Waals surface area (Å²) >= 11 is 1.62. The number of carbonyl (C=O) groups is 2. The Morgan fingerprint density at radius 1 is 1.13 bits per heavy atom. The topological polar surface area (TPSA) is 74.6 Å². The summed E-state index contributed by atoms with van der Waals surface area (Å²) in [5.74, 6) is -2.63. The Bertz CT molecular complexity index is 731. The van der Waals surface area contributed by atoms with Crippen LogP contribution in [0.25, 0.3) is 10.4 Å². The molecule has 0 atom stereocenters. The van der Waals surface area contributed by atoms with E-state index in [1.165, 1.54) is 0 Å². The van der Waals surface area contributed by atoms with E-state index in [9.17, 15) is 19.8 Å². The van der Waals surface area contributed by atoms with E-state index in [0.29, 0.717) is 12.0 Å². The van der Waals surface area contributed by atoms with Gasteiger partial charge >= 0.3 is 11.9 Å². The Hall–Kier alpha value is -2.14. The van der Waals surface area contributed by atoms with Gasteiger partial charge in [0, 0.05) is 4.88 Å². The molecule has 0 spiro atoms. The molecule has 1 aromatic heterocycles. The molecular formula is C18H20O4S. The van der Waals surface area contributed by atoms with Crippen molar-refractivity contribution in [3.8, 4) is 10.4 Å². The molecule has 0 fully saturated rings. The van der Waals surface area contributed by atoms with Gasteiger partial charge in [0.05, 0.1) is 0 Å². The van der Waals surface area contributed by atoms with Crippen LogP contribution in [0.2, 0.25) is 0 Å². The van der Waals surface area contributed by atoms with Crippen molar-refractivity contribution < 1.29 is 19.8 Å². The van der Waals surface area contributed by atoms with Gasteiger partial charge in [-0.2, -0.15) is 0 Å². The van der Waals surface area contributed by atoms with E-state index in [1.54, 1.807) is 24.3 Å². The van der Waals surface area contributed by atoms with E-state index in [0.717, 1.165) is 21.6 Å². The smallest absolute Gasteiger partial charge is 0.325 e. The Balaban J connectivity index is 2.67. The van der Waals surface area contributed by atoms with Crippen LogP contribution in [0.5, 0.6) is 0 Å². The van der Waals surface area contributed by atoms with E-state index < -0.39 is 17.4 Å². The average Bonchev–Trinajstić information content (AvgIpc) is 2.94. The van der Waals surface area contributed by atoms with Crippen LogP contribution in [0.4, 0.5) is 0 Å². The molecule has 4 nitrogen and oxygen atoms in total. The third-order valence-electron chi connectivity index (χ3n) is 4.33. The van der Waals surface area contributed by atoms with Crippen molar-refractivity contribution in [3.63, 3.8) is 0 Å². The molecule has 122 valence electrons. The molecule has 0 amide bonds. The van der Waals surface area contributed by atoms with Crippen molar-refractivity contribution in [2.24, 2.45) is 0 Å². The van der Waals surface area contributed by atoms with Crippen LogP contribution < -0.4 is 0 Å². The van der Waals surface area contributed by atoms with E-state index in [2.05, 4.69) is 0 Å². The zero-order valence-corrected chi connectivity index (χ0v) is 14.2. The van der Waals surface area contributed by atoms with Gasteiger partial charge in [0.25, 0.3) is 0 Å². The highest BCUT2D eigenvalue weighted by atomic mass is 32.1. The first kappa shape index (κ1) is 17.2. The summed E-state index contributed by atoms with van der Waals surface area (Å²) in [6.07, 6.45) is 0.581. The molecule has 0 aliphatic rings. The first-order valence-corrected chi connectivity index (χ1v) is 8.41. The SMILES string of the molecule is CCc1cc(-c2sccc2C)ccc1C(CC)(C(=O)O)C(=O)O. The second-order valence-corrected chi connectivity index (χ2v) is 6.44. The van der Waals surface area contributed by atoms with Gasteiger partial charge in [-0.05, 0) is 53.5 Å². The Kier molecular flexibility index (Phi) is 4.90. The number of aryl methyl sites for hydroxylation is 2. The highest BCUT2D eigenvalue weighted by Crippen LogP contribution is 2.36. The number of aliphatic carboxylic acids is 2. The Morgan fingerprint density at radius 3 is 2.22 bits per heavy atom. The van der Waals surface area contributed by atoms with E-state index in [4.69, 9.17) is 0 Å². The van der Waals surface area contributed by atoms with Gasteiger partial charge in [-0.25, -0.2) is 0 Å². The number of hydrogen-bond donors (Lipinski definition) is 2. The van der Waals surface area contributed by atoms with Gasteiger partial charge in [0.1, 0.15) is 0 Å². The molecule has 0 aliphatic heterocycles. The number of carboxylic acids is 2. The number of rotatable bonds is 6. The zero-order valence-electron chi connectivity index (χ0n) is 13.4.